The summed E-state index contributed by atoms with van der Waals surface area (Å²) in [5.74, 6) is -0.520. The van der Waals surface area contributed by atoms with Crippen molar-refractivity contribution >= 4 is 29.2 Å². The van der Waals surface area contributed by atoms with Gasteiger partial charge in [-0.15, -0.1) is 0 Å². The second-order valence-electron chi connectivity index (χ2n) is 5.51. The summed E-state index contributed by atoms with van der Waals surface area (Å²) in [5.41, 5.74) is 1.23. The maximum atomic E-state index is 12.3. The molecule has 0 aliphatic rings. The van der Waals surface area contributed by atoms with Crippen molar-refractivity contribution in [1.82, 2.24) is 0 Å². The van der Waals surface area contributed by atoms with E-state index in [1.165, 1.54) is 6.07 Å². The first-order valence-electron chi connectivity index (χ1n) is 7.30. The van der Waals surface area contributed by atoms with E-state index in [1.807, 2.05) is 13.8 Å². The van der Waals surface area contributed by atoms with Gasteiger partial charge in [-0.05, 0) is 36.2 Å². The first-order chi connectivity index (χ1) is 11.0. The van der Waals surface area contributed by atoms with Crippen LogP contribution >= 0.6 is 11.6 Å². The summed E-state index contributed by atoms with van der Waals surface area (Å²) in [5, 5.41) is 3.17. The third kappa shape index (κ3) is 4.83. The van der Waals surface area contributed by atoms with Crippen LogP contribution in [-0.2, 0) is 4.74 Å². The summed E-state index contributed by atoms with van der Waals surface area (Å²) < 4.78 is 5.17. The molecule has 2 rings (SSSR count). The van der Waals surface area contributed by atoms with Crippen LogP contribution in [0.25, 0.3) is 0 Å². The highest BCUT2D eigenvalue weighted by atomic mass is 35.5. The van der Waals surface area contributed by atoms with Crippen molar-refractivity contribution in [3.8, 4) is 0 Å². The fraction of sp³-hybridized carbons (Fsp3) is 0.222. The SMILES string of the molecule is CC(C)COC(=O)c1cccc(C(=O)Nc2ccccc2Cl)c1. The van der Waals surface area contributed by atoms with Crippen LogP contribution in [0, 0.1) is 5.92 Å². The highest BCUT2D eigenvalue weighted by Crippen LogP contribution is 2.21. The lowest BCUT2D eigenvalue weighted by Gasteiger charge is -2.09. The molecule has 0 saturated heterocycles. The molecular weight excluding hydrogens is 314 g/mol. The molecule has 0 aliphatic carbocycles. The van der Waals surface area contributed by atoms with Crippen LogP contribution in [0.3, 0.4) is 0 Å². The molecule has 0 atom stereocenters. The summed E-state index contributed by atoms with van der Waals surface area (Å²) in [4.78, 5) is 24.2. The molecule has 4 nitrogen and oxygen atoms in total. The van der Waals surface area contributed by atoms with Gasteiger partial charge in [0.1, 0.15) is 0 Å². The van der Waals surface area contributed by atoms with Gasteiger partial charge in [0.2, 0.25) is 0 Å². The molecule has 1 N–H and O–H groups in total. The minimum absolute atomic E-state index is 0.255. The van der Waals surface area contributed by atoms with E-state index in [0.29, 0.717) is 28.4 Å². The van der Waals surface area contributed by atoms with Crippen LogP contribution < -0.4 is 5.32 Å². The van der Waals surface area contributed by atoms with Gasteiger partial charge in [0.25, 0.3) is 5.91 Å². The molecule has 1 amide bonds. The zero-order valence-corrected chi connectivity index (χ0v) is 13.8. The minimum Gasteiger partial charge on any atom is -0.462 e. The number of hydrogen-bond donors (Lipinski definition) is 1. The number of ether oxygens (including phenoxy) is 1. The molecule has 0 spiro atoms. The van der Waals surface area contributed by atoms with Crippen molar-refractivity contribution in [2.75, 3.05) is 11.9 Å². The quantitative estimate of drug-likeness (QED) is 0.826. The van der Waals surface area contributed by atoms with Crippen LogP contribution in [0.15, 0.2) is 48.5 Å². The number of carbonyl (C=O) groups is 2. The van der Waals surface area contributed by atoms with Gasteiger partial charge in [-0.3, -0.25) is 4.79 Å². The number of para-hydroxylation sites is 1. The molecule has 0 saturated carbocycles. The topological polar surface area (TPSA) is 55.4 Å². The van der Waals surface area contributed by atoms with Crippen molar-refractivity contribution in [1.29, 1.82) is 0 Å². The van der Waals surface area contributed by atoms with E-state index in [9.17, 15) is 9.59 Å². The van der Waals surface area contributed by atoms with E-state index < -0.39 is 5.97 Å². The maximum absolute atomic E-state index is 12.3. The molecule has 2 aromatic rings. The molecule has 0 bridgehead atoms. The predicted molar refractivity (Wildman–Crippen MR) is 91.0 cm³/mol. The van der Waals surface area contributed by atoms with Gasteiger partial charge in [0.05, 0.1) is 22.9 Å². The second-order valence-corrected chi connectivity index (χ2v) is 5.91. The number of esters is 1. The number of nitrogens with one attached hydrogen (secondary N) is 1. The molecule has 0 aliphatic heterocycles. The lowest BCUT2D eigenvalue weighted by atomic mass is 10.1. The van der Waals surface area contributed by atoms with E-state index in [1.54, 1.807) is 42.5 Å². The highest BCUT2D eigenvalue weighted by Gasteiger charge is 2.13. The van der Waals surface area contributed by atoms with Gasteiger partial charge in [-0.1, -0.05) is 43.6 Å². The monoisotopic (exact) mass is 331 g/mol. The van der Waals surface area contributed by atoms with E-state index in [2.05, 4.69) is 5.32 Å². The molecule has 0 aromatic heterocycles. The Hall–Kier alpha value is -2.33. The fourth-order valence-electron chi connectivity index (χ4n) is 1.87. The van der Waals surface area contributed by atoms with Gasteiger partial charge < -0.3 is 10.1 Å². The molecule has 23 heavy (non-hydrogen) atoms. The van der Waals surface area contributed by atoms with Crippen LogP contribution in [-0.4, -0.2) is 18.5 Å². The normalized spacial score (nSPS) is 10.4. The zero-order valence-electron chi connectivity index (χ0n) is 13.0. The summed E-state index contributed by atoms with van der Waals surface area (Å²) in [6.45, 7) is 4.26. The summed E-state index contributed by atoms with van der Waals surface area (Å²) in [6.07, 6.45) is 0. The Kier molecular flexibility index (Phi) is 5.77. The number of carbonyl (C=O) groups excluding carboxylic acids is 2. The highest BCUT2D eigenvalue weighted by molar-refractivity contribution is 6.33. The number of anilines is 1. The van der Waals surface area contributed by atoms with Crippen LogP contribution in [0.4, 0.5) is 5.69 Å². The van der Waals surface area contributed by atoms with Crippen molar-refractivity contribution < 1.29 is 14.3 Å². The average Bonchev–Trinajstić information content (AvgIpc) is 2.54. The molecule has 0 fully saturated rings. The van der Waals surface area contributed by atoms with E-state index >= 15 is 0 Å². The van der Waals surface area contributed by atoms with Crippen LogP contribution in [0.2, 0.25) is 5.02 Å². The largest absolute Gasteiger partial charge is 0.462 e. The number of halogens is 1. The Balaban J connectivity index is 2.11. The number of amides is 1. The lowest BCUT2D eigenvalue weighted by molar-refractivity contribution is 0.0459. The number of benzene rings is 2. The molecule has 0 unspecified atom stereocenters. The molecular formula is C18H18ClNO3. The molecule has 2 aromatic carbocycles. The fourth-order valence-corrected chi connectivity index (χ4v) is 2.05. The average molecular weight is 332 g/mol. The Morgan fingerprint density at radius 3 is 2.48 bits per heavy atom. The van der Waals surface area contributed by atoms with E-state index in [-0.39, 0.29) is 11.8 Å². The molecule has 0 heterocycles. The third-order valence-electron chi connectivity index (χ3n) is 3.03. The third-order valence-corrected chi connectivity index (χ3v) is 3.36. The maximum Gasteiger partial charge on any atom is 0.338 e. The molecule has 120 valence electrons. The first-order valence-corrected chi connectivity index (χ1v) is 7.68. The molecule has 0 radical (unpaired) electrons. The zero-order chi connectivity index (χ0) is 16.8. The van der Waals surface area contributed by atoms with Crippen molar-refractivity contribution in [2.24, 2.45) is 5.92 Å². The van der Waals surface area contributed by atoms with Crippen LogP contribution in [0.1, 0.15) is 34.6 Å². The van der Waals surface area contributed by atoms with Gasteiger partial charge in [0.15, 0.2) is 0 Å². The van der Waals surface area contributed by atoms with E-state index in [0.717, 1.165) is 0 Å². The minimum atomic E-state index is -0.439. The predicted octanol–water partition coefficient (Wildman–Crippen LogP) is 4.41. The van der Waals surface area contributed by atoms with E-state index in [4.69, 9.17) is 16.3 Å². The Bertz CT molecular complexity index is 713. The number of hydrogen-bond acceptors (Lipinski definition) is 3. The van der Waals surface area contributed by atoms with Crippen molar-refractivity contribution in [3.63, 3.8) is 0 Å². The van der Waals surface area contributed by atoms with Crippen LogP contribution in [0.5, 0.6) is 0 Å². The van der Waals surface area contributed by atoms with Gasteiger partial charge in [0, 0.05) is 5.56 Å². The smallest absolute Gasteiger partial charge is 0.338 e. The van der Waals surface area contributed by atoms with Gasteiger partial charge >= 0.3 is 5.97 Å². The lowest BCUT2D eigenvalue weighted by Crippen LogP contribution is -2.14. The number of rotatable bonds is 5. The summed E-state index contributed by atoms with van der Waals surface area (Å²) in [7, 11) is 0. The summed E-state index contributed by atoms with van der Waals surface area (Å²) in [6, 6.07) is 13.4. The summed E-state index contributed by atoms with van der Waals surface area (Å²) >= 11 is 6.02. The van der Waals surface area contributed by atoms with Gasteiger partial charge in [-0.2, -0.15) is 0 Å². The second kappa shape index (κ2) is 7.79. The molecule has 5 heteroatoms. The first kappa shape index (κ1) is 17.0. The van der Waals surface area contributed by atoms with Gasteiger partial charge in [-0.25, -0.2) is 4.79 Å². The Labute approximate surface area is 140 Å². The standard InChI is InChI=1S/C18H18ClNO3/c1-12(2)11-23-18(22)14-7-5-6-13(10-14)17(21)20-16-9-4-3-8-15(16)19/h3-10,12H,11H2,1-2H3,(H,20,21). The van der Waals surface area contributed by atoms with Crippen molar-refractivity contribution in [2.45, 2.75) is 13.8 Å². The Morgan fingerprint density at radius 2 is 1.78 bits per heavy atom. The Morgan fingerprint density at radius 1 is 1.09 bits per heavy atom. The van der Waals surface area contributed by atoms with Crippen molar-refractivity contribution in [3.05, 3.63) is 64.7 Å².